The van der Waals surface area contributed by atoms with Crippen LogP contribution in [-0.4, -0.2) is 29.3 Å². The van der Waals surface area contributed by atoms with Crippen molar-refractivity contribution >= 4 is 11.8 Å². The Morgan fingerprint density at radius 2 is 2.33 bits per heavy atom. The second-order valence-electron chi connectivity index (χ2n) is 3.06. The normalized spacial score (nSPS) is 28.2. The molecule has 0 aromatic rings. The fourth-order valence-electron chi connectivity index (χ4n) is 1.57. The summed E-state index contributed by atoms with van der Waals surface area (Å²) in [4.78, 5) is 24.2. The molecule has 1 unspecified atom stereocenters. The molecule has 2 aliphatic heterocycles. The van der Waals surface area contributed by atoms with Crippen molar-refractivity contribution < 1.29 is 9.59 Å². The van der Waals surface area contributed by atoms with Crippen molar-refractivity contribution in [2.45, 2.75) is 19.4 Å². The van der Waals surface area contributed by atoms with Crippen LogP contribution in [0.4, 0.5) is 0 Å². The third-order valence-corrected chi connectivity index (χ3v) is 2.20. The van der Waals surface area contributed by atoms with Crippen LogP contribution < -0.4 is 5.32 Å². The summed E-state index contributed by atoms with van der Waals surface area (Å²) in [6.07, 6.45) is 2.60. The molecule has 0 aromatic heterocycles. The Kier molecular flexibility index (Phi) is 1.43. The number of hydrogen-bond donors (Lipinski definition) is 1. The van der Waals surface area contributed by atoms with Gasteiger partial charge in [0.15, 0.2) is 0 Å². The van der Waals surface area contributed by atoms with E-state index in [-0.39, 0.29) is 17.9 Å². The van der Waals surface area contributed by atoms with Gasteiger partial charge >= 0.3 is 0 Å². The van der Waals surface area contributed by atoms with Gasteiger partial charge in [-0.05, 0) is 13.3 Å². The number of carbonyl (C=O) groups is 2. The lowest BCUT2D eigenvalue weighted by Crippen LogP contribution is -2.53. The first kappa shape index (κ1) is 7.34. The standard InChI is InChI=1S/C8H10N2O2/c1-5-8(12)10-4-2-3-6(10)7(11)9-5/h3,5H,2,4H2,1H3,(H,9,11). The van der Waals surface area contributed by atoms with Crippen molar-refractivity contribution in [3.05, 3.63) is 11.8 Å². The van der Waals surface area contributed by atoms with Gasteiger partial charge in [-0.3, -0.25) is 9.59 Å². The van der Waals surface area contributed by atoms with Crippen molar-refractivity contribution in [2.24, 2.45) is 0 Å². The molecule has 0 radical (unpaired) electrons. The second kappa shape index (κ2) is 2.33. The van der Waals surface area contributed by atoms with Gasteiger partial charge in [-0.15, -0.1) is 0 Å². The lowest BCUT2D eigenvalue weighted by Gasteiger charge is -2.29. The summed E-state index contributed by atoms with van der Waals surface area (Å²) in [5, 5.41) is 2.60. The minimum absolute atomic E-state index is 0.00153. The molecule has 1 N–H and O–H groups in total. The van der Waals surface area contributed by atoms with Gasteiger partial charge in [-0.25, -0.2) is 0 Å². The molecule has 1 atom stereocenters. The second-order valence-corrected chi connectivity index (χ2v) is 3.06. The SMILES string of the molecule is CC1NC(=O)C2=CCCN2C1=O. The van der Waals surface area contributed by atoms with E-state index in [2.05, 4.69) is 5.32 Å². The van der Waals surface area contributed by atoms with E-state index in [1.807, 2.05) is 0 Å². The van der Waals surface area contributed by atoms with Crippen LogP contribution in [0.1, 0.15) is 13.3 Å². The molecule has 1 saturated heterocycles. The van der Waals surface area contributed by atoms with Crippen LogP contribution in [0, 0.1) is 0 Å². The van der Waals surface area contributed by atoms with E-state index < -0.39 is 0 Å². The van der Waals surface area contributed by atoms with E-state index in [4.69, 9.17) is 0 Å². The molecule has 2 rings (SSSR count). The van der Waals surface area contributed by atoms with Gasteiger partial charge in [0.2, 0.25) is 5.91 Å². The van der Waals surface area contributed by atoms with Gasteiger partial charge in [-0.2, -0.15) is 0 Å². The lowest BCUT2D eigenvalue weighted by atomic mass is 10.2. The smallest absolute Gasteiger partial charge is 0.268 e. The van der Waals surface area contributed by atoms with Crippen LogP contribution in [0.15, 0.2) is 11.8 Å². The Labute approximate surface area is 70.2 Å². The van der Waals surface area contributed by atoms with E-state index in [0.29, 0.717) is 12.2 Å². The molecule has 4 nitrogen and oxygen atoms in total. The van der Waals surface area contributed by atoms with Crippen LogP contribution in [-0.2, 0) is 9.59 Å². The van der Waals surface area contributed by atoms with Crippen LogP contribution in [0.3, 0.4) is 0 Å². The molecular formula is C8H10N2O2. The molecule has 2 aliphatic rings. The maximum Gasteiger partial charge on any atom is 0.268 e. The topological polar surface area (TPSA) is 49.4 Å². The molecule has 2 amide bonds. The first-order chi connectivity index (χ1) is 5.70. The molecule has 0 spiro atoms. The summed E-state index contributed by atoms with van der Waals surface area (Å²) < 4.78 is 0. The Hall–Kier alpha value is -1.32. The number of nitrogens with one attached hydrogen (secondary N) is 1. The summed E-state index contributed by atoms with van der Waals surface area (Å²) >= 11 is 0. The number of rotatable bonds is 0. The van der Waals surface area contributed by atoms with Crippen LogP contribution >= 0.6 is 0 Å². The molecule has 0 saturated carbocycles. The monoisotopic (exact) mass is 166 g/mol. The van der Waals surface area contributed by atoms with Gasteiger partial charge in [0.1, 0.15) is 11.7 Å². The number of amides is 2. The van der Waals surface area contributed by atoms with Crippen molar-refractivity contribution in [1.29, 1.82) is 0 Å². The number of hydrogen-bond acceptors (Lipinski definition) is 2. The number of piperazine rings is 1. The van der Waals surface area contributed by atoms with E-state index in [0.717, 1.165) is 6.42 Å². The maximum atomic E-state index is 11.4. The van der Waals surface area contributed by atoms with E-state index >= 15 is 0 Å². The van der Waals surface area contributed by atoms with Crippen molar-refractivity contribution in [3.8, 4) is 0 Å². The highest BCUT2D eigenvalue weighted by molar-refractivity contribution is 6.04. The Balaban J connectivity index is 2.32. The Bertz CT molecular complexity index is 283. The highest BCUT2D eigenvalue weighted by Crippen LogP contribution is 2.19. The van der Waals surface area contributed by atoms with E-state index in [9.17, 15) is 9.59 Å². The summed E-state index contributed by atoms with van der Waals surface area (Å²) in [7, 11) is 0. The maximum absolute atomic E-state index is 11.4. The zero-order valence-electron chi connectivity index (χ0n) is 6.83. The predicted molar refractivity (Wildman–Crippen MR) is 42.0 cm³/mol. The minimum atomic E-state index is -0.368. The van der Waals surface area contributed by atoms with Gasteiger partial charge in [0.05, 0.1) is 0 Å². The fraction of sp³-hybridized carbons (Fsp3) is 0.500. The predicted octanol–water partition coefficient (Wildman–Crippen LogP) is -0.379. The number of nitrogens with zero attached hydrogens (tertiary/aromatic N) is 1. The zero-order chi connectivity index (χ0) is 8.72. The third-order valence-electron chi connectivity index (χ3n) is 2.20. The number of fused-ring (bicyclic) bond motifs is 1. The molecule has 1 fully saturated rings. The molecule has 0 aliphatic carbocycles. The van der Waals surface area contributed by atoms with E-state index in [1.54, 1.807) is 17.9 Å². The van der Waals surface area contributed by atoms with Crippen LogP contribution in [0.5, 0.6) is 0 Å². The van der Waals surface area contributed by atoms with E-state index in [1.165, 1.54) is 0 Å². The summed E-state index contributed by atoms with van der Waals surface area (Å²) in [6, 6.07) is -0.368. The van der Waals surface area contributed by atoms with Crippen LogP contribution in [0.2, 0.25) is 0 Å². The van der Waals surface area contributed by atoms with Crippen molar-refractivity contribution in [1.82, 2.24) is 10.2 Å². The first-order valence-corrected chi connectivity index (χ1v) is 4.02. The Morgan fingerprint density at radius 1 is 1.58 bits per heavy atom. The molecule has 0 aromatic carbocycles. The quantitative estimate of drug-likeness (QED) is 0.533. The molecule has 4 heteroatoms. The van der Waals surface area contributed by atoms with Gasteiger partial charge < -0.3 is 10.2 Å². The average molecular weight is 166 g/mol. The molecule has 2 heterocycles. The number of carbonyl (C=O) groups excluding carboxylic acids is 2. The van der Waals surface area contributed by atoms with Crippen molar-refractivity contribution in [3.63, 3.8) is 0 Å². The molecule has 12 heavy (non-hydrogen) atoms. The highest BCUT2D eigenvalue weighted by Gasteiger charge is 2.35. The summed E-state index contributed by atoms with van der Waals surface area (Å²) in [5.41, 5.74) is 0.526. The molecule has 64 valence electrons. The minimum Gasteiger partial charge on any atom is -0.339 e. The van der Waals surface area contributed by atoms with Crippen molar-refractivity contribution in [2.75, 3.05) is 6.54 Å². The molecular weight excluding hydrogens is 156 g/mol. The fourth-order valence-corrected chi connectivity index (χ4v) is 1.57. The molecule has 0 bridgehead atoms. The lowest BCUT2D eigenvalue weighted by molar-refractivity contribution is -0.139. The highest BCUT2D eigenvalue weighted by atomic mass is 16.2. The summed E-state index contributed by atoms with van der Waals surface area (Å²) in [6.45, 7) is 2.36. The average Bonchev–Trinajstić information content (AvgIpc) is 2.48. The summed E-state index contributed by atoms with van der Waals surface area (Å²) in [5.74, 6) is -0.127. The van der Waals surface area contributed by atoms with Gasteiger partial charge in [-0.1, -0.05) is 6.08 Å². The third kappa shape index (κ3) is 0.841. The Morgan fingerprint density at radius 3 is 3.08 bits per heavy atom. The zero-order valence-corrected chi connectivity index (χ0v) is 6.83. The largest absolute Gasteiger partial charge is 0.339 e. The van der Waals surface area contributed by atoms with Gasteiger partial charge in [0.25, 0.3) is 5.91 Å². The van der Waals surface area contributed by atoms with Crippen LogP contribution in [0.25, 0.3) is 0 Å². The first-order valence-electron chi connectivity index (χ1n) is 4.02. The van der Waals surface area contributed by atoms with Gasteiger partial charge in [0, 0.05) is 6.54 Å².